The van der Waals surface area contributed by atoms with Crippen molar-refractivity contribution < 1.29 is 0 Å². The van der Waals surface area contributed by atoms with E-state index in [1.807, 2.05) is 0 Å². The highest BCUT2D eigenvalue weighted by molar-refractivity contribution is 5.34. The molecule has 0 bridgehead atoms. The largest absolute Gasteiger partial charge is 0.271 e. The van der Waals surface area contributed by atoms with E-state index in [9.17, 15) is 0 Å². The van der Waals surface area contributed by atoms with Gasteiger partial charge in [-0.05, 0) is 48.4 Å². The third-order valence-corrected chi connectivity index (χ3v) is 4.10. The van der Waals surface area contributed by atoms with Crippen LogP contribution in [0.4, 0.5) is 0 Å². The van der Waals surface area contributed by atoms with Crippen molar-refractivity contribution in [2.45, 2.75) is 46.1 Å². The molecule has 2 nitrogen and oxygen atoms in total. The van der Waals surface area contributed by atoms with Gasteiger partial charge in [-0.1, -0.05) is 61.9 Å². The molecule has 0 fully saturated rings. The van der Waals surface area contributed by atoms with E-state index in [4.69, 9.17) is 5.84 Å². The van der Waals surface area contributed by atoms with Gasteiger partial charge in [0, 0.05) is 0 Å². The lowest BCUT2D eigenvalue weighted by Gasteiger charge is -2.19. The van der Waals surface area contributed by atoms with Crippen LogP contribution < -0.4 is 11.3 Å². The summed E-state index contributed by atoms with van der Waals surface area (Å²) in [5.74, 6) is 6.37. The van der Waals surface area contributed by atoms with Gasteiger partial charge in [-0.25, -0.2) is 0 Å². The van der Waals surface area contributed by atoms with E-state index >= 15 is 0 Å². The Kier molecular flexibility index (Phi) is 5.16. The Bertz CT molecular complexity index is 585. The third-order valence-electron chi connectivity index (χ3n) is 4.10. The second kappa shape index (κ2) is 6.88. The zero-order valence-corrected chi connectivity index (χ0v) is 13.5. The number of hydrazine groups is 1. The molecule has 3 N–H and O–H groups in total. The SMILES string of the molecule is Cc1ccc(C)c(C(Cc2ccc(C(C)C)cc2)NN)c1. The molecule has 0 heterocycles. The molecule has 1 atom stereocenters. The number of hydrogen-bond donors (Lipinski definition) is 2. The monoisotopic (exact) mass is 282 g/mol. The van der Waals surface area contributed by atoms with Crippen molar-refractivity contribution in [3.8, 4) is 0 Å². The molecule has 0 aromatic heterocycles. The first-order valence-electron chi connectivity index (χ1n) is 7.63. The van der Waals surface area contributed by atoms with Gasteiger partial charge < -0.3 is 0 Å². The highest BCUT2D eigenvalue weighted by Gasteiger charge is 2.13. The summed E-state index contributed by atoms with van der Waals surface area (Å²) in [4.78, 5) is 0. The fourth-order valence-electron chi connectivity index (χ4n) is 2.67. The standard InChI is InChI=1S/C19H26N2/c1-13(2)17-9-7-16(8-10-17)12-19(21-20)18-11-14(3)5-6-15(18)4/h5-11,13,19,21H,12,20H2,1-4H3. The fourth-order valence-corrected chi connectivity index (χ4v) is 2.67. The van der Waals surface area contributed by atoms with Crippen molar-refractivity contribution >= 4 is 0 Å². The van der Waals surface area contributed by atoms with Crippen LogP contribution in [0.5, 0.6) is 0 Å². The Labute approximate surface area is 128 Å². The summed E-state index contributed by atoms with van der Waals surface area (Å²) in [6.45, 7) is 8.69. The first-order valence-corrected chi connectivity index (χ1v) is 7.63. The fraction of sp³-hybridized carbons (Fsp3) is 0.368. The Balaban J connectivity index is 2.20. The molecule has 0 aliphatic heterocycles. The van der Waals surface area contributed by atoms with Gasteiger partial charge >= 0.3 is 0 Å². The molecular weight excluding hydrogens is 256 g/mol. The quantitative estimate of drug-likeness (QED) is 0.638. The molecule has 0 aliphatic carbocycles. The Hall–Kier alpha value is -1.64. The molecule has 21 heavy (non-hydrogen) atoms. The maximum atomic E-state index is 5.80. The Morgan fingerprint density at radius 1 is 1.00 bits per heavy atom. The highest BCUT2D eigenvalue weighted by atomic mass is 15.2. The van der Waals surface area contributed by atoms with Gasteiger partial charge in [-0.2, -0.15) is 0 Å². The smallest absolute Gasteiger partial charge is 0.0503 e. The molecule has 2 aromatic rings. The topological polar surface area (TPSA) is 38.0 Å². The van der Waals surface area contributed by atoms with Crippen LogP contribution in [0.1, 0.15) is 53.6 Å². The van der Waals surface area contributed by atoms with E-state index < -0.39 is 0 Å². The number of nitrogens with two attached hydrogens (primary N) is 1. The molecule has 2 aromatic carbocycles. The maximum Gasteiger partial charge on any atom is 0.0503 e. The van der Waals surface area contributed by atoms with Crippen LogP contribution >= 0.6 is 0 Å². The molecule has 0 amide bonds. The molecule has 0 saturated heterocycles. The molecule has 112 valence electrons. The summed E-state index contributed by atoms with van der Waals surface area (Å²) in [6.07, 6.45) is 0.902. The second-order valence-corrected chi connectivity index (χ2v) is 6.18. The van der Waals surface area contributed by atoms with E-state index in [1.54, 1.807) is 0 Å². The van der Waals surface area contributed by atoms with Gasteiger partial charge in [0.1, 0.15) is 0 Å². The summed E-state index contributed by atoms with van der Waals surface area (Å²) in [5, 5.41) is 0. The summed E-state index contributed by atoms with van der Waals surface area (Å²) in [6, 6.07) is 15.5. The lowest BCUT2D eigenvalue weighted by Crippen LogP contribution is -2.30. The van der Waals surface area contributed by atoms with Gasteiger partial charge in [0.25, 0.3) is 0 Å². The van der Waals surface area contributed by atoms with E-state index in [-0.39, 0.29) is 6.04 Å². The number of nitrogens with one attached hydrogen (secondary N) is 1. The molecular formula is C19H26N2. The first-order chi connectivity index (χ1) is 10.0. The summed E-state index contributed by atoms with van der Waals surface area (Å²) in [5.41, 5.74) is 9.49. The number of rotatable bonds is 5. The Morgan fingerprint density at radius 2 is 1.67 bits per heavy atom. The van der Waals surface area contributed by atoms with Crippen LogP contribution in [0.25, 0.3) is 0 Å². The zero-order chi connectivity index (χ0) is 15.4. The third kappa shape index (κ3) is 3.93. The van der Waals surface area contributed by atoms with Crippen LogP contribution in [0.2, 0.25) is 0 Å². The molecule has 0 radical (unpaired) electrons. The molecule has 2 rings (SSSR count). The van der Waals surface area contributed by atoms with Crippen molar-refractivity contribution in [1.82, 2.24) is 5.43 Å². The predicted molar refractivity (Wildman–Crippen MR) is 90.2 cm³/mol. The predicted octanol–water partition coefficient (Wildman–Crippen LogP) is 4.17. The van der Waals surface area contributed by atoms with Crippen LogP contribution in [0, 0.1) is 13.8 Å². The van der Waals surface area contributed by atoms with Crippen LogP contribution in [-0.2, 0) is 6.42 Å². The van der Waals surface area contributed by atoms with Crippen molar-refractivity contribution in [3.63, 3.8) is 0 Å². The van der Waals surface area contributed by atoms with Crippen LogP contribution in [0.15, 0.2) is 42.5 Å². The van der Waals surface area contributed by atoms with Crippen molar-refractivity contribution in [2.24, 2.45) is 5.84 Å². The normalized spacial score (nSPS) is 12.7. The van der Waals surface area contributed by atoms with Crippen LogP contribution in [0.3, 0.4) is 0 Å². The maximum absolute atomic E-state index is 5.80. The van der Waals surface area contributed by atoms with Crippen LogP contribution in [-0.4, -0.2) is 0 Å². The molecule has 0 spiro atoms. The average Bonchev–Trinajstić information content (AvgIpc) is 2.48. The molecule has 0 saturated carbocycles. The molecule has 0 aliphatic rings. The van der Waals surface area contributed by atoms with E-state index in [2.05, 4.69) is 75.6 Å². The molecule has 1 unspecified atom stereocenters. The Morgan fingerprint density at radius 3 is 2.24 bits per heavy atom. The summed E-state index contributed by atoms with van der Waals surface area (Å²) in [7, 11) is 0. The van der Waals surface area contributed by atoms with Gasteiger partial charge in [-0.3, -0.25) is 11.3 Å². The average molecular weight is 282 g/mol. The van der Waals surface area contributed by atoms with E-state index in [0.717, 1.165) is 6.42 Å². The van der Waals surface area contributed by atoms with Gasteiger partial charge in [0.2, 0.25) is 0 Å². The van der Waals surface area contributed by atoms with Crippen molar-refractivity contribution in [1.29, 1.82) is 0 Å². The van der Waals surface area contributed by atoms with E-state index in [1.165, 1.54) is 27.8 Å². The van der Waals surface area contributed by atoms with Gasteiger partial charge in [0.15, 0.2) is 0 Å². The van der Waals surface area contributed by atoms with Crippen molar-refractivity contribution in [2.75, 3.05) is 0 Å². The summed E-state index contributed by atoms with van der Waals surface area (Å²) < 4.78 is 0. The van der Waals surface area contributed by atoms with Gasteiger partial charge in [-0.15, -0.1) is 0 Å². The second-order valence-electron chi connectivity index (χ2n) is 6.18. The minimum absolute atomic E-state index is 0.148. The number of aryl methyl sites for hydroxylation is 2. The van der Waals surface area contributed by atoms with Crippen molar-refractivity contribution in [3.05, 3.63) is 70.3 Å². The first kappa shape index (κ1) is 15.7. The number of benzene rings is 2. The number of hydrogen-bond acceptors (Lipinski definition) is 2. The lowest BCUT2D eigenvalue weighted by molar-refractivity contribution is 0.549. The lowest BCUT2D eigenvalue weighted by atomic mass is 9.93. The van der Waals surface area contributed by atoms with Gasteiger partial charge in [0.05, 0.1) is 6.04 Å². The van der Waals surface area contributed by atoms with E-state index in [0.29, 0.717) is 5.92 Å². The zero-order valence-electron chi connectivity index (χ0n) is 13.5. The molecule has 2 heteroatoms. The highest BCUT2D eigenvalue weighted by Crippen LogP contribution is 2.23. The summed E-state index contributed by atoms with van der Waals surface area (Å²) >= 11 is 0. The minimum Gasteiger partial charge on any atom is -0.271 e. The minimum atomic E-state index is 0.148.